The molecule has 1 aromatic rings. The van der Waals surface area contributed by atoms with Crippen molar-refractivity contribution in [3.8, 4) is 5.75 Å². The Balaban J connectivity index is 3.29. The van der Waals surface area contributed by atoms with Crippen LogP contribution in [0.2, 0.25) is 0 Å². The highest BCUT2D eigenvalue weighted by atomic mass is 16.5. The van der Waals surface area contributed by atoms with Crippen LogP contribution in [0, 0.1) is 20.8 Å². The Kier molecular flexibility index (Phi) is 3.75. The van der Waals surface area contributed by atoms with E-state index in [1.165, 1.54) is 16.7 Å². The van der Waals surface area contributed by atoms with Crippen LogP contribution in [-0.4, -0.2) is 18.3 Å². The molecule has 1 unspecified atom stereocenters. The fourth-order valence-corrected chi connectivity index (χ4v) is 1.93. The lowest BCUT2D eigenvalue weighted by Gasteiger charge is -2.17. The summed E-state index contributed by atoms with van der Waals surface area (Å²) in [7, 11) is 1.69. The van der Waals surface area contributed by atoms with Gasteiger partial charge < -0.3 is 9.84 Å². The van der Waals surface area contributed by atoms with Crippen LogP contribution in [0.3, 0.4) is 0 Å². The van der Waals surface area contributed by atoms with Gasteiger partial charge in [0.2, 0.25) is 0 Å². The summed E-state index contributed by atoms with van der Waals surface area (Å²) in [4.78, 5) is 0. The molecule has 0 saturated carbocycles. The average molecular weight is 208 g/mol. The van der Waals surface area contributed by atoms with E-state index in [1.807, 2.05) is 0 Å². The second kappa shape index (κ2) is 4.67. The van der Waals surface area contributed by atoms with Crippen molar-refractivity contribution in [3.63, 3.8) is 0 Å². The summed E-state index contributed by atoms with van der Waals surface area (Å²) < 4.78 is 5.43. The molecule has 84 valence electrons. The normalized spacial score (nSPS) is 12.7. The van der Waals surface area contributed by atoms with Crippen LogP contribution >= 0.6 is 0 Å². The van der Waals surface area contributed by atoms with Gasteiger partial charge in [-0.15, -0.1) is 0 Å². The minimum atomic E-state index is -0.334. The topological polar surface area (TPSA) is 29.5 Å². The maximum Gasteiger partial charge on any atom is 0.125 e. The van der Waals surface area contributed by atoms with Crippen LogP contribution in [0.4, 0.5) is 0 Å². The molecule has 0 radical (unpaired) electrons. The van der Waals surface area contributed by atoms with Crippen molar-refractivity contribution >= 4 is 0 Å². The van der Waals surface area contributed by atoms with Gasteiger partial charge in [0.25, 0.3) is 0 Å². The second-order valence-corrected chi connectivity index (χ2v) is 4.20. The van der Waals surface area contributed by atoms with E-state index in [0.717, 1.165) is 11.3 Å². The van der Waals surface area contributed by atoms with Gasteiger partial charge in [0.1, 0.15) is 5.75 Å². The summed E-state index contributed by atoms with van der Waals surface area (Å²) in [5.41, 5.74) is 4.71. The highest BCUT2D eigenvalue weighted by Crippen LogP contribution is 2.30. The molecule has 1 atom stereocenters. The first kappa shape index (κ1) is 12.1. The molecular formula is C13H20O2. The Morgan fingerprint density at radius 1 is 1.27 bits per heavy atom. The second-order valence-electron chi connectivity index (χ2n) is 4.20. The average Bonchev–Trinajstić information content (AvgIpc) is 2.14. The molecule has 0 bridgehead atoms. The Bertz CT molecular complexity index is 354. The quantitative estimate of drug-likeness (QED) is 0.827. The van der Waals surface area contributed by atoms with Gasteiger partial charge in [-0.2, -0.15) is 0 Å². The largest absolute Gasteiger partial charge is 0.496 e. The molecule has 0 aromatic heterocycles. The van der Waals surface area contributed by atoms with Crippen molar-refractivity contribution in [2.45, 2.75) is 40.2 Å². The number of methoxy groups -OCH3 is 1. The lowest BCUT2D eigenvalue weighted by atomic mass is 9.95. The third-order valence-electron chi connectivity index (χ3n) is 2.82. The van der Waals surface area contributed by atoms with Crippen LogP contribution in [0.15, 0.2) is 6.07 Å². The summed E-state index contributed by atoms with van der Waals surface area (Å²) in [5, 5.41) is 9.45. The molecule has 0 amide bonds. The Morgan fingerprint density at radius 3 is 2.33 bits per heavy atom. The molecule has 2 nitrogen and oxygen atoms in total. The lowest BCUT2D eigenvalue weighted by Crippen LogP contribution is -2.09. The molecule has 0 aliphatic carbocycles. The van der Waals surface area contributed by atoms with Crippen LogP contribution in [-0.2, 0) is 6.42 Å². The lowest BCUT2D eigenvalue weighted by molar-refractivity contribution is 0.194. The molecule has 1 aromatic carbocycles. The van der Waals surface area contributed by atoms with E-state index in [-0.39, 0.29) is 6.10 Å². The van der Waals surface area contributed by atoms with Crippen LogP contribution < -0.4 is 4.74 Å². The first-order valence-corrected chi connectivity index (χ1v) is 5.29. The molecule has 0 saturated heterocycles. The number of hydrogen-bond donors (Lipinski definition) is 1. The zero-order valence-electron chi connectivity index (χ0n) is 10.2. The molecule has 1 rings (SSSR count). The first-order valence-electron chi connectivity index (χ1n) is 5.29. The summed E-state index contributed by atoms with van der Waals surface area (Å²) in [5.74, 6) is 0.924. The number of aliphatic hydroxyl groups is 1. The fourth-order valence-electron chi connectivity index (χ4n) is 1.93. The molecule has 0 aliphatic rings. The van der Waals surface area contributed by atoms with Crippen molar-refractivity contribution in [2.24, 2.45) is 0 Å². The molecule has 0 spiro atoms. The van der Waals surface area contributed by atoms with Gasteiger partial charge in [-0.3, -0.25) is 0 Å². The van der Waals surface area contributed by atoms with Crippen molar-refractivity contribution in [3.05, 3.63) is 28.3 Å². The highest BCUT2D eigenvalue weighted by Gasteiger charge is 2.13. The van der Waals surface area contributed by atoms with E-state index in [9.17, 15) is 5.11 Å². The van der Waals surface area contributed by atoms with Gasteiger partial charge in [0, 0.05) is 6.42 Å². The molecule has 2 heteroatoms. The summed E-state index contributed by atoms with van der Waals surface area (Å²) in [6, 6.07) is 2.15. The van der Waals surface area contributed by atoms with E-state index in [0.29, 0.717) is 6.42 Å². The molecule has 15 heavy (non-hydrogen) atoms. The SMILES string of the molecule is COc1c(C)c(C)cc(C)c1CC(C)O. The fraction of sp³-hybridized carbons (Fsp3) is 0.538. The van der Waals surface area contributed by atoms with Gasteiger partial charge in [-0.25, -0.2) is 0 Å². The van der Waals surface area contributed by atoms with Crippen molar-refractivity contribution in [2.75, 3.05) is 7.11 Å². The summed E-state index contributed by atoms with van der Waals surface area (Å²) >= 11 is 0. The zero-order chi connectivity index (χ0) is 11.6. The summed E-state index contributed by atoms with van der Waals surface area (Å²) in [6.45, 7) is 8.00. The number of benzene rings is 1. The Hall–Kier alpha value is -1.02. The number of ether oxygens (including phenoxy) is 1. The minimum Gasteiger partial charge on any atom is -0.496 e. The molecule has 1 N–H and O–H groups in total. The van der Waals surface area contributed by atoms with E-state index >= 15 is 0 Å². The van der Waals surface area contributed by atoms with Crippen molar-refractivity contribution in [1.29, 1.82) is 0 Å². The van der Waals surface area contributed by atoms with Gasteiger partial charge >= 0.3 is 0 Å². The monoisotopic (exact) mass is 208 g/mol. The number of aryl methyl sites for hydroxylation is 2. The first-order chi connectivity index (χ1) is 6.97. The van der Waals surface area contributed by atoms with Gasteiger partial charge in [-0.1, -0.05) is 6.07 Å². The van der Waals surface area contributed by atoms with E-state index in [2.05, 4.69) is 26.8 Å². The minimum absolute atomic E-state index is 0.334. The molecule has 0 heterocycles. The third kappa shape index (κ3) is 2.51. The standard InChI is InChI=1S/C13H20O2/c1-8-6-9(2)12(7-10(3)14)13(15-5)11(8)4/h6,10,14H,7H2,1-5H3. The zero-order valence-corrected chi connectivity index (χ0v) is 10.2. The maximum absolute atomic E-state index is 9.45. The number of rotatable bonds is 3. The maximum atomic E-state index is 9.45. The van der Waals surface area contributed by atoms with Crippen molar-refractivity contribution < 1.29 is 9.84 Å². The molecule has 0 aliphatic heterocycles. The summed E-state index contributed by atoms with van der Waals surface area (Å²) in [6.07, 6.45) is 0.315. The van der Waals surface area contributed by atoms with Crippen LogP contribution in [0.1, 0.15) is 29.2 Å². The van der Waals surface area contributed by atoms with Crippen LogP contribution in [0.5, 0.6) is 5.75 Å². The van der Waals surface area contributed by atoms with Gasteiger partial charge in [0.05, 0.1) is 13.2 Å². The van der Waals surface area contributed by atoms with Crippen molar-refractivity contribution in [1.82, 2.24) is 0 Å². The van der Waals surface area contributed by atoms with E-state index in [1.54, 1.807) is 14.0 Å². The third-order valence-corrected chi connectivity index (χ3v) is 2.82. The highest BCUT2D eigenvalue weighted by molar-refractivity contribution is 5.49. The predicted octanol–water partition coefficient (Wildman–Crippen LogP) is 2.54. The Morgan fingerprint density at radius 2 is 1.87 bits per heavy atom. The predicted molar refractivity (Wildman–Crippen MR) is 62.6 cm³/mol. The smallest absolute Gasteiger partial charge is 0.125 e. The van der Waals surface area contributed by atoms with E-state index < -0.39 is 0 Å². The number of aliphatic hydroxyl groups excluding tert-OH is 1. The van der Waals surface area contributed by atoms with Crippen LogP contribution in [0.25, 0.3) is 0 Å². The Labute approximate surface area is 91.9 Å². The van der Waals surface area contributed by atoms with Gasteiger partial charge in [-0.05, 0) is 49.9 Å². The molecular weight excluding hydrogens is 188 g/mol. The molecule has 0 fully saturated rings. The van der Waals surface area contributed by atoms with E-state index in [4.69, 9.17) is 4.74 Å². The van der Waals surface area contributed by atoms with Gasteiger partial charge in [0.15, 0.2) is 0 Å². The number of hydrogen-bond acceptors (Lipinski definition) is 2.